The molecule has 234 valence electrons. The molecular weight excluding hydrogens is 568 g/mol. The number of ketones is 1. The third kappa shape index (κ3) is 8.72. The maximum atomic E-state index is 13.3. The second-order valence-electron chi connectivity index (χ2n) is 11.6. The van der Waals surface area contributed by atoms with E-state index in [-0.39, 0.29) is 18.3 Å². The Morgan fingerprint density at radius 2 is 1.49 bits per heavy atom. The Morgan fingerprint density at radius 3 is 2.16 bits per heavy atom. The first-order chi connectivity index (χ1) is 21.6. The van der Waals surface area contributed by atoms with Crippen LogP contribution in [0.2, 0.25) is 0 Å². The third-order valence-electron chi connectivity index (χ3n) is 7.22. The number of nitrogens with one attached hydrogen (secondary N) is 1. The van der Waals surface area contributed by atoms with Crippen LogP contribution in [0.5, 0.6) is 11.5 Å². The highest BCUT2D eigenvalue weighted by atomic mass is 16.5. The topological polar surface area (TPSA) is 94.2 Å². The summed E-state index contributed by atoms with van der Waals surface area (Å²) < 4.78 is 16.5. The van der Waals surface area contributed by atoms with Gasteiger partial charge in [-0.2, -0.15) is 0 Å². The number of ether oxygens (including phenoxy) is 3. The van der Waals surface area contributed by atoms with Gasteiger partial charge in [0.05, 0.1) is 20.8 Å². The summed E-state index contributed by atoms with van der Waals surface area (Å²) in [7, 11) is 2.94. The maximum absolute atomic E-state index is 13.3. The van der Waals surface area contributed by atoms with E-state index in [1.807, 2.05) is 93.6 Å². The first-order valence-corrected chi connectivity index (χ1v) is 14.8. The van der Waals surface area contributed by atoms with E-state index < -0.39 is 17.4 Å². The quantitative estimate of drug-likeness (QED) is 0.135. The number of amides is 1. The minimum Gasteiger partial charge on any atom is -0.497 e. The standard InChI is InChI=1S/C37H40N2O6/c1-37(2,3)36(42)39(28-14-11-15-30(25-28)43-4)22-23-45-29-20-18-26(19-21-29)24-33(35(41)44-5)38-32-17-10-9-16-31(32)34(40)27-12-7-6-8-13-27/h6-21,25,33,38H,22-24H2,1-5H3. The highest BCUT2D eigenvalue weighted by Gasteiger charge is 2.28. The number of nitrogens with zero attached hydrogens (tertiary/aromatic N) is 1. The fourth-order valence-corrected chi connectivity index (χ4v) is 4.82. The molecule has 0 saturated heterocycles. The Bertz CT molecular complexity index is 1600. The molecule has 0 heterocycles. The van der Waals surface area contributed by atoms with Gasteiger partial charge in [0, 0.05) is 40.4 Å². The highest BCUT2D eigenvalue weighted by Crippen LogP contribution is 2.27. The highest BCUT2D eigenvalue weighted by molar-refractivity contribution is 6.12. The number of hydrogen-bond donors (Lipinski definition) is 1. The zero-order valence-electron chi connectivity index (χ0n) is 26.4. The van der Waals surface area contributed by atoms with E-state index in [9.17, 15) is 14.4 Å². The van der Waals surface area contributed by atoms with Gasteiger partial charge in [-0.1, -0.05) is 81.4 Å². The van der Waals surface area contributed by atoms with E-state index >= 15 is 0 Å². The first-order valence-electron chi connectivity index (χ1n) is 14.8. The summed E-state index contributed by atoms with van der Waals surface area (Å²) in [5, 5.41) is 3.23. The average molecular weight is 609 g/mol. The van der Waals surface area contributed by atoms with Gasteiger partial charge in [-0.05, 0) is 42.0 Å². The number of carbonyl (C=O) groups is 3. The van der Waals surface area contributed by atoms with Crippen LogP contribution in [-0.2, 0) is 20.7 Å². The van der Waals surface area contributed by atoms with Gasteiger partial charge in [0.15, 0.2) is 5.78 Å². The number of esters is 1. The van der Waals surface area contributed by atoms with Crippen LogP contribution in [0.15, 0.2) is 103 Å². The number of carbonyl (C=O) groups excluding carboxylic acids is 3. The van der Waals surface area contributed by atoms with Crippen LogP contribution in [0.3, 0.4) is 0 Å². The number of methoxy groups -OCH3 is 2. The molecule has 8 nitrogen and oxygen atoms in total. The van der Waals surface area contributed by atoms with Crippen molar-refractivity contribution in [2.45, 2.75) is 33.2 Å². The van der Waals surface area contributed by atoms with Crippen LogP contribution in [0.1, 0.15) is 42.3 Å². The molecule has 8 heteroatoms. The Balaban J connectivity index is 1.43. The summed E-state index contributed by atoms with van der Waals surface area (Å²) in [6.07, 6.45) is 0.324. The van der Waals surface area contributed by atoms with Crippen molar-refractivity contribution >= 4 is 29.0 Å². The summed E-state index contributed by atoms with van der Waals surface area (Å²) in [4.78, 5) is 41.0. The van der Waals surface area contributed by atoms with Gasteiger partial charge in [-0.25, -0.2) is 4.79 Å². The van der Waals surface area contributed by atoms with E-state index in [1.165, 1.54) is 7.11 Å². The molecule has 45 heavy (non-hydrogen) atoms. The molecule has 1 unspecified atom stereocenters. The lowest BCUT2D eigenvalue weighted by Gasteiger charge is -2.29. The summed E-state index contributed by atoms with van der Waals surface area (Å²) in [6.45, 7) is 6.28. The molecule has 4 rings (SSSR count). The van der Waals surface area contributed by atoms with Crippen LogP contribution in [0.25, 0.3) is 0 Å². The van der Waals surface area contributed by atoms with Crippen molar-refractivity contribution in [2.24, 2.45) is 5.41 Å². The first kappa shape index (κ1) is 32.8. The summed E-state index contributed by atoms with van der Waals surface area (Å²) in [5.41, 5.74) is 2.61. The normalized spacial score (nSPS) is 11.7. The van der Waals surface area contributed by atoms with Gasteiger partial charge >= 0.3 is 5.97 Å². The summed E-state index contributed by atoms with van der Waals surface area (Å²) >= 11 is 0. The molecule has 0 aliphatic heterocycles. The van der Waals surface area contributed by atoms with E-state index in [4.69, 9.17) is 14.2 Å². The van der Waals surface area contributed by atoms with Crippen molar-refractivity contribution < 1.29 is 28.6 Å². The van der Waals surface area contributed by atoms with Crippen molar-refractivity contribution in [2.75, 3.05) is 37.6 Å². The molecule has 1 amide bonds. The SMILES string of the molecule is COC(=O)C(Cc1ccc(OCCN(C(=O)C(C)(C)C)c2cccc(OC)c2)cc1)Nc1ccccc1C(=O)c1ccccc1. The second-order valence-corrected chi connectivity index (χ2v) is 11.6. The molecule has 0 spiro atoms. The average Bonchev–Trinajstić information content (AvgIpc) is 3.06. The molecule has 4 aromatic carbocycles. The lowest BCUT2D eigenvalue weighted by atomic mass is 9.94. The number of benzene rings is 4. The molecular formula is C37H40N2O6. The Labute approximate surface area is 264 Å². The molecule has 0 fully saturated rings. The molecule has 0 bridgehead atoms. The van der Waals surface area contributed by atoms with Crippen LogP contribution in [-0.4, -0.2) is 51.1 Å². The molecule has 1 atom stereocenters. The van der Waals surface area contributed by atoms with Crippen LogP contribution in [0, 0.1) is 5.41 Å². The van der Waals surface area contributed by atoms with Crippen LogP contribution in [0.4, 0.5) is 11.4 Å². The van der Waals surface area contributed by atoms with Gasteiger partial charge in [0.25, 0.3) is 0 Å². The predicted octanol–water partition coefficient (Wildman–Crippen LogP) is 6.58. The van der Waals surface area contributed by atoms with Gasteiger partial charge in [0.1, 0.15) is 24.1 Å². The molecule has 0 saturated carbocycles. The fourth-order valence-electron chi connectivity index (χ4n) is 4.82. The lowest BCUT2D eigenvalue weighted by Crippen LogP contribution is -2.41. The van der Waals surface area contributed by atoms with Crippen molar-refractivity contribution in [3.05, 3.63) is 120 Å². The minimum absolute atomic E-state index is 0.0249. The second kappa shape index (κ2) is 15.1. The van der Waals surface area contributed by atoms with E-state index in [0.717, 1.165) is 11.3 Å². The molecule has 4 aromatic rings. The van der Waals surface area contributed by atoms with Crippen molar-refractivity contribution in [3.8, 4) is 11.5 Å². The Hall–Kier alpha value is -5.11. The van der Waals surface area contributed by atoms with Gasteiger partial charge in [-0.15, -0.1) is 0 Å². The minimum atomic E-state index is -0.730. The van der Waals surface area contributed by atoms with Crippen LogP contribution >= 0.6 is 0 Å². The number of rotatable bonds is 13. The molecule has 0 aliphatic rings. The maximum Gasteiger partial charge on any atom is 0.328 e. The third-order valence-corrected chi connectivity index (χ3v) is 7.22. The largest absolute Gasteiger partial charge is 0.497 e. The predicted molar refractivity (Wildman–Crippen MR) is 176 cm³/mol. The Morgan fingerprint density at radius 1 is 0.800 bits per heavy atom. The van der Waals surface area contributed by atoms with Gasteiger partial charge in [0.2, 0.25) is 5.91 Å². The van der Waals surface area contributed by atoms with Crippen LogP contribution < -0.4 is 19.7 Å². The monoisotopic (exact) mass is 608 g/mol. The van der Waals surface area contributed by atoms with Gasteiger partial charge in [-0.3, -0.25) is 9.59 Å². The molecule has 1 N–H and O–H groups in total. The fraction of sp³-hybridized carbons (Fsp3) is 0.270. The smallest absolute Gasteiger partial charge is 0.328 e. The molecule has 0 aromatic heterocycles. The number of para-hydroxylation sites is 1. The zero-order valence-corrected chi connectivity index (χ0v) is 26.4. The Kier molecular flexibility index (Phi) is 11.0. The van der Waals surface area contributed by atoms with Crippen molar-refractivity contribution in [1.29, 1.82) is 0 Å². The van der Waals surface area contributed by atoms with Crippen molar-refractivity contribution in [3.63, 3.8) is 0 Å². The van der Waals surface area contributed by atoms with Crippen molar-refractivity contribution in [1.82, 2.24) is 0 Å². The summed E-state index contributed by atoms with van der Waals surface area (Å²) in [5.74, 6) is 0.690. The molecule has 0 radical (unpaired) electrons. The van der Waals surface area contributed by atoms with Gasteiger partial charge < -0.3 is 24.4 Å². The zero-order chi connectivity index (χ0) is 32.4. The summed E-state index contributed by atoms with van der Waals surface area (Å²) in [6, 6.07) is 30.2. The lowest BCUT2D eigenvalue weighted by molar-refractivity contribution is -0.141. The number of hydrogen-bond acceptors (Lipinski definition) is 7. The van der Waals surface area contributed by atoms with E-state index in [0.29, 0.717) is 41.3 Å². The van der Waals surface area contributed by atoms with E-state index in [1.54, 1.807) is 42.3 Å². The molecule has 0 aliphatic carbocycles. The van der Waals surface area contributed by atoms with E-state index in [2.05, 4.69) is 5.32 Å². The number of anilines is 2.